The molecule has 3 aromatic heterocycles. The Kier molecular flexibility index (Phi) is 5.59. The Balaban J connectivity index is 1.48. The maximum absolute atomic E-state index is 12.7. The number of hydrogen-bond acceptors (Lipinski definition) is 5. The highest BCUT2D eigenvalue weighted by molar-refractivity contribution is 7.89. The molecule has 1 aliphatic carbocycles. The second-order valence-corrected chi connectivity index (χ2v) is 9.09. The van der Waals surface area contributed by atoms with Crippen molar-refractivity contribution in [1.29, 1.82) is 0 Å². The molecule has 152 valence electrons. The van der Waals surface area contributed by atoms with Crippen LogP contribution in [0.4, 0.5) is 0 Å². The van der Waals surface area contributed by atoms with Gasteiger partial charge in [-0.1, -0.05) is 12.8 Å². The van der Waals surface area contributed by atoms with Gasteiger partial charge in [-0.25, -0.2) is 22.8 Å². The number of hydrogen-bond donors (Lipinski definition) is 2. The Labute approximate surface area is 169 Å². The van der Waals surface area contributed by atoms with Gasteiger partial charge in [0.1, 0.15) is 4.90 Å². The third-order valence-corrected chi connectivity index (χ3v) is 6.70. The molecule has 1 fully saturated rings. The highest BCUT2D eigenvalue weighted by atomic mass is 32.2. The van der Waals surface area contributed by atoms with E-state index in [2.05, 4.69) is 19.8 Å². The van der Waals surface area contributed by atoms with E-state index in [1.165, 1.54) is 23.0 Å². The van der Waals surface area contributed by atoms with Gasteiger partial charge in [0.15, 0.2) is 5.82 Å². The van der Waals surface area contributed by atoms with Crippen LogP contribution in [-0.4, -0.2) is 34.7 Å². The lowest BCUT2D eigenvalue weighted by atomic mass is 10.1. The zero-order valence-electron chi connectivity index (χ0n) is 15.9. The van der Waals surface area contributed by atoms with E-state index in [4.69, 9.17) is 0 Å². The van der Waals surface area contributed by atoms with Crippen molar-refractivity contribution in [3.63, 3.8) is 0 Å². The topological polar surface area (TPSA) is 110 Å². The number of aromatic amines is 1. The number of sulfonamides is 1. The van der Waals surface area contributed by atoms with Gasteiger partial charge in [-0.2, -0.15) is 0 Å². The number of nitrogens with zero attached hydrogens (tertiary/aromatic N) is 3. The number of H-pyrrole nitrogens is 1. The van der Waals surface area contributed by atoms with Crippen molar-refractivity contribution in [2.45, 2.75) is 37.0 Å². The molecule has 0 aromatic carbocycles. The van der Waals surface area contributed by atoms with Crippen LogP contribution in [-0.2, 0) is 16.4 Å². The largest absolute Gasteiger partial charge is 0.296 e. The second-order valence-electron chi connectivity index (χ2n) is 7.33. The summed E-state index contributed by atoms with van der Waals surface area (Å²) in [5, 5.41) is 2.89. The third kappa shape index (κ3) is 4.46. The average molecular weight is 414 g/mol. The van der Waals surface area contributed by atoms with Crippen molar-refractivity contribution in [1.82, 2.24) is 24.5 Å². The molecule has 0 saturated heterocycles. The van der Waals surface area contributed by atoms with Gasteiger partial charge in [0, 0.05) is 43.3 Å². The first-order chi connectivity index (χ1) is 14.0. The molecule has 0 bridgehead atoms. The molecule has 0 atom stereocenters. The Morgan fingerprint density at radius 1 is 1.14 bits per heavy atom. The van der Waals surface area contributed by atoms with Gasteiger partial charge in [0.05, 0.1) is 0 Å². The fraction of sp³-hybridized carbons (Fsp3) is 0.350. The van der Waals surface area contributed by atoms with E-state index in [0.29, 0.717) is 30.3 Å². The van der Waals surface area contributed by atoms with E-state index >= 15 is 0 Å². The first-order valence-electron chi connectivity index (χ1n) is 9.67. The molecule has 3 aromatic rings. The van der Waals surface area contributed by atoms with Crippen molar-refractivity contribution in [3.8, 4) is 5.82 Å². The maximum Gasteiger partial charge on any atom is 0.276 e. The van der Waals surface area contributed by atoms with Crippen molar-refractivity contribution in [2.75, 3.05) is 6.54 Å². The number of nitrogens with one attached hydrogen (secondary N) is 2. The molecule has 0 amide bonds. The van der Waals surface area contributed by atoms with Gasteiger partial charge in [-0.05, 0) is 48.6 Å². The summed E-state index contributed by atoms with van der Waals surface area (Å²) in [7, 11) is -3.61. The van der Waals surface area contributed by atoms with Crippen LogP contribution in [0.25, 0.3) is 5.82 Å². The van der Waals surface area contributed by atoms with E-state index in [0.717, 1.165) is 31.2 Å². The minimum Gasteiger partial charge on any atom is -0.296 e. The van der Waals surface area contributed by atoms with E-state index in [1.807, 2.05) is 12.1 Å². The van der Waals surface area contributed by atoms with E-state index < -0.39 is 10.0 Å². The lowest BCUT2D eigenvalue weighted by Gasteiger charge is -2.11. The van der Waals surface area contributed by atoms with Gasteiger partial charge in [-0.15, -0.1) is 0 Å². The summed E-state index contributed by atoms with van der Waals surface area (Å²) < 4.78 is 28.9. The maximum atomic E-state index is 12.7. The summed E-state index contributed by atoms with van der Waals surface area (Å²) in [6.45, 7) is 0.457. The van der Waals surface area contributed by atoms with E-state index in [1.54, 1.807) is 18.6 Å². The van der Waals surface area contributed by atoms with Crippen LogP contribution in [0.5, 0.6) is 0 Å². The summed E-state index contributed by atoms with van der Waals surface area (Å²) in [5.74, 6) is 0.749. The van der Waals surface area contributed by atoms with Gasteiger partial charge in [0.2, 0.25) is 10.0 Å². The van der Waals surface area contributed by atoms with Crippen molar-refractivity contribution in [2.24, 2.45) is 5.92 Å². The van der Waals surface area contributed by atoms with E-state index in [9.17, 15) is 13.2 Å². The fourth-order valence-corrected chi connectivity index (χ4v) is 4.67. The van der Waals surface area contributed by atoms with E-state index in [-0.39, 0.29) is 10.5 Å². The normalized spacial score (nSPS) is 15.0. The molecular weight excluding hydrogens is 390 g/mol. The monoisotopic (exact) mass is 413 g/mol. The van der Waals surface area contributed by atoms with Crippen molar-refractivity contribution < 1.29 is 8.42 Å². The van der Waals surface area contributed by atoms with Gasteiger partial charge in [-0.3, -0.25) is 14.9 Å². The molecule has 9 heteroatoms. The molecule has 4 rings (SSSR count). The first-order valence-corrected chi connectivity index (χ1v) is 11.2. The van der Waals surface area contributed by atoms with Gasteiger partial charge >= 0.3 is 0 Å². The second kappa shape index (κ2) is 8.30. The Hall–Kier alpha value is -2.78. The molecule has 0 radical (unpaired) electrons. The average Bonchev–Trinajstić information content (AvgIpc) is 3.38. The molecule has 29 heavy (non-hydrogen) atoms. The predicted octanol–water partition coefficient (Wildman–Crippen LogP) is 2.01. The van der Waals surface area contributed by atoms with Crippen LogP contribution in [0.15, 0.2) is 58.7 Å². The molecule has 3 heterocycles. The number of aromatic nitrogens is 4. The van der Waals surface area contributed by atoms with Crippen molar-refractivity contribution in [3.05, 3.63) is 70.5 Å². The SMILES string of the molecule is O=c1c(Cc2ccncc2)c[nH]n1-c1ccc(S(=O)(=O)NCC2CCCC2)cn1. The van der Waals surface area contributed by atoms with Crippen LogP contribution in [0.3, 0.4) is 0 Å². The predicted molar refractivity (Wildman–Crippen MR) is 108 cm³/mol. The quantitative estimate of drug-likeness (QED) is 0.616. The zero-order valence-corrected chi connectivity index (χ0v) is 16.7. The Morgan fingerprint density at radius 2 is 1.90 bits per heavy atom. The molecule has 8 nitrogen and oxygen atoms in total. The Morgan fingerprint density at radius 3 is 2.59 bits per heavy atom. The van der Waals surface area contributed by atoms with Crippen LogP contribution >= 0.6 is 0 Å². The molecule has 2 N–H and O–H groups in total. The van der Waals surface area contributed by atoms with Crippen LogP contribution in [0.1, 0.15) is 36.8 Å². The molecule has 0 aliphatic heterocycles. The summed E-state index contributed by atoms with van der Waals surface area (Å²) in [6.07, 6.45) is 11.2. The highest BCUT2D eigenvalue weighted by Crippen LogP contribution is 2.24. The lowest BCUT2D eigenvalue weighted by Crippen LogP contribution is -2.28. The lowest BCUT2D eigenvalue weighted by molar-refractivity contribution is 0.519. The van der Waals surface area contributed by atoms with Gasteiger partial charge in [0.25, 0.3) is 5.56 Å². The summed E-state index contributed by atoms with van der Waals surface area (Å²) >= 11 is 0. The van der Waals surface area contributed by atoms with Crippen LogP contribution in [0.2, 0.25) is 0 Å². The smallest absolute Gasteiger partial charge is 0.276 e. The summed E-state index contributed by atoms with van der Waals surface area (Å²) in [6, 6.07) is 6.70. The molecular formula is C20H23N5O3S. The summed E-state index contributed by atoms with van der Waals surface area (Å²) in [4.78, 5) is 20.9. The molecule has 1 aliphatic rings. The highest BCUT2D eigenvalue weighted by Gasteiger charge is 2.20. The molecule has 0 unspecified atom stereocenters. The van der Waals surface area contributed by atoms with Crippen LogP contribution < -0.4 is 10.3 Å². The molecule has 1 saturated carbocycles. The number of rotatable bonds is 7. The summed E-state index contributed by atoms with van der Waals surface area (Å²) in [5.41, 5.74) is 1.35. The Bertz CT molecular complexity index is 1110. The fourth-order valence-electron chi connectivity index (χ4n) is 3.61. The van der Waals surface area contributed by atoms with Crippen molar-refractivity contribution >= 4 is 10.0 Å². The number of pyridine rings is 2. The van der Waals surface area contributed by atoms with Crippen LogP contribution in [0, 0.1) is 5.92 Å². The first kappa shape index (κ1) is 19.5. The van der Waals surface area contributed by atoms with Gasteiger partial charge < -0.3 is 0 Å². The zero-order chi connectivity index (χ0) is 20.3. The third-order valence-electron chi connectivity index (χ3n) is 5.29. The minimum absolute atomic E-state index is 0.0934. The standard InChI is InChI=1S/C20H23N5O3S/c26-20-17(11-15-7-9-21-10-8-15)13-23-25(20)19-6-5-18(14-22-19)29(27,28)24-12-16-3-1-2-4-16/h5-10,13-14,16,23-24H,1-4,11-12H2. The minimum atomic E-state index is -3.61. The molecule has 0 spiro atoms.